The van der Waals surface area contributed by atoms with Gasteiger partial charge in [0, 0.05) is 10.2 Å². The summed E-state index contributed by atoms with van der Waals surface area (Å²) in [7, 11) is 0. The Labute approximate surface area is 113 Å². The molecular weight excluding hydrogens is 297 g/mol. The van der Waals surface area contributed by atoms with Crippen LogP contribution in [0.1, 0.15) is 15.9 Å². The van der Waals surface area contributed by atoms with E-state index in [0.717, 1.165) is 10.0 Å². The van der Waals surface area contributed by atoms with E-state index in [-0.39, 0.29) is 5.56 Å². The van der Waals surface area contributed by atoms with Crippen LogP contribution in [0.5, 0.6) is 0 Å². The van der Waals surface area contributed by atoms with E-state index >= 15 is 0 Å². The van der Waals surface area contributed by atoms with Gasteiger partial charge in [0.25, 0.3) is 5.91 Å². The van der Waals surface area contributed by atoms with Crippen molar-refractivity contribution in [2.24, 2.45) is 0 Å². The van der Waals surface area contributed by atoms with Crippen molar-refractivity contribution in [3.8, 4) is 0 Å². The number of anilines is 1. The molecule has 4 heteroatoms. The van der Waals surface area contributed by atoms with Crippen LogP contribution in [0, 0.1) is 12.7 Å². The maximum Gasteiger partial charge on any atom is 0.258 e. The molecule has 0 saturated carbocycles. The molecule has 18 heavy (non-hydrogen) atoms. The summed E-state index contributed by atoms with van der Waals surface area (Å²) < 4.78 is 14.3. The first-order valence-electron chi connectivity index (χ1n) is 5.39. The molecule has 0 heterocycles. The van der Waals surface area contributed by atoms with Crippen molar-refractivity contribution in [1.29, 1.82) is 0 Å². The number of amides is 1. The number of nitrogens with one attached hydrogen (secondary N) is 1. The fraction of sp³-hybridized carbons (Fsp3) is 0.0714. The highest BCUT2D eigenvalue weighted by atomic mass is 79.9. The van der Waals surface area contributed by atoms with Gasteiger partial charge < -0.3 is 5.32 Å². The Morgan fingerprint density at radius 3 is 2.61 bits per heavy atom. The summed E-state index contributed by atoms with van der Waals surface area (Å²) in [6, 6.07) is 11.4. The molecular formula is C14H11BrFNO. The van der Waals surface area contributed by atoms with Gasteiger partial charge in [-0.3, -0.25) is 4.79 Å². The third kappa shape index (κ3) is 2.96. The average Bonchev–Trinajstić information content (AvgIpc) is 2.27. The monoisotopic (exact) mass is 307 g/mol. The molecule has 0 aliphatic rings. The zero-order valence-corrected chi connectivity index (χ0v) is 11.3. The largest absolute Gasteiger partial charge is 0.322 e. The molecule has 0 aliphatic carbocycles. The van der Waals surface area contributed by atoms with E-state index in [9.17, 15) is 9.18 Å². The molecule has 1 amide bonds. The Morgan fingerprint density at radius 2 is 1.94 bits per heavy atom. The van der Waals surface area contributed by atoms with Gasteiger partial charge in [-0.1, -0.05) is 28.1 Å². The molecule has 2 aromatic carbocycles. The molecule has 0 saturated heterocycles. The topological polar surface area (TPSA) is 29.1 Å². The van der Waals surface area contributed by atoms with Crippen LogP contribution in [0.2, 0.25) is 0 Å². The SMILES string of the molecule is Cc1cc(Br)cc(NC(=O)c2ccccc2F)c1. The van der Waals surface area contributed by atoms with Gasteiger partial charge in [0.15, 0.2) is 0 Å². The molecule has 0 atom stereocenters. The first-order chi connectivity index (χ1) is 8.56. The summed E-state index contributed by atoms with van der Waals surface area (Å²) >= 11 is 3.35. The van der Waals surface area contributed by atoms with Crippen molar-refractivity contribution >= 4 is 27.5 Å². The van der Waals surface area contributed by atoms with E-state index in [1.54, 1.807) is 18.2 Å². The summed E-state index contributed by atoms with van der Waals surface area (Å²) in [6.45, 7) is 1.92. The fourth-order valence-corrected chi connectivity index (χ4v) is 2.26. The normalized spacial score (nSPS) is 10.2. The second-order valence-electron chi connectivity index (χ2n) is 3.95. The average molecular weight is 308 g/mol. The van der Waals surface area contributed by atoms with Gasteiger partial charge in [-0.05, 0) is 42.8 Å². The summed E-state index contributed by atoms with van der Waals surface area (Å²) in [5, 5.41) is 2.67. The van der Waals surface area contributed by atoms with Crippen molar-refractivity contribution in [2.45, 2.75) is 6.92 Å². The Balaban J connectivity index is 2.24. The van der Waals surface area contributed by atoms with E-state index in [0.29, 0.717) is 5.69 Å². The van der Waals surface area contributed by atoms with Crippen molar-refractivity contribution in [1.82, 2.24) is 0 Å². The van der Waals surface area contributed by atoms with Crippen molar-refractivity contribution in [3.05, 3.63) is 63.9 Å². The van der Waals surface area contributed by atoms with Gasteiger partial charge in [-0.25, -0.2) is 4.39 Å². The lowest BCUT2D eigenvalue weighted by Crippen LogP contribution is -2.13. The second kappa shape index (κ2) is 5.31. The van der Waals surface area contributed by atoms with Crippen LogP contribution in [0.4, 0.5) is 10.1 Å². The minimum absolute atomic E-state index is 0.0372. The Kier molecular flexibility index (Phi) is 3.77. The van der Waals surface area contributed by atoms with Crippen molar-refractivity contribution in [2.75, 3.05) is 5.32 Å². The molecule has 0 radical (unpaired) electrons. The van der Waals surface area contributed by atoms with Crippen LogP contribution >= 0.6 is 15.9 Å². The van der Waals surface area contributed by atoms with E-state index < -0.39 is 11.7 Å². The van der Waals surface area contributed by atoms with E-state index in [4.69, 9.17) is 0 Å². The highest BCUT2D eigenvalue weighted by molar-refractivity contribution is 9.10. The van der Waals surface area contributed by atoms with E-state index in [1.165, 1.54) is 12.1 Å². The number of hydrogen-bond acceptors (Lipinski definition) is 1. The Morgan fingerprint density at radius 1 is 1.22 bits per heavy atom. The summed E-state index contributed by atoms with van der Waals surface area (Å²) in [5.41, 5.74) is 1.68. The number of carbonyl (C=O) groups is 1. The molecule has 0 aromatic heterocycles. The van der Waals surface area contributed by atoms with Crippen LogP contribution in [0.3, 0.4) is 0 Å². The number of halogens is 2. The molecule has 2 rings (SSSR count). The molecule has 0 fully saturated rings. The lowest BCUT2D eigenvalue weighted by Gasteiger charge is -2.07. The predicted molar refractivity (Wildman–Crippen MR) is 73.2 cm³/mol. The zero-order valence-electron chi connectivity index (χ0n) is 9.71. The number of carbonyl (C=O) groups excluding carboxylic acids is 1. The standard InChI is InChI=1S/C14H11BrFNO/c1-9-6-10(15)8-11(7-9)17-14(18)12-4-2-3-5-13(12)16/h2-8H,1H3,(H,17,18). The molecule has 2 nitrogen and oxygen atoms in total. The number of hydrogen-bond donors (Lipinski definition) is 1. The van der Waals surface area contributed by atoms with Gasteiger partial charge >= 0.3 is 0 Å². The third-order valence-electron chi connectivity index (χ3n) is 2.42. The van der Waals surface area contributed by atoms with E-state index in [1.807, 2.05) is 19.1 Å². The minimum Gasteiger partial charge on any atom is -0.322 e. The van der Waals surface area contributed by atoms with Crippen LogP contribution in [0.25, 0.3) is 0 Å². The van der Waals surface area contributed by atoms with Gasteiger partial charge in [0.1, 0.15) is 5.82 Å². The number of benzene rings is 2. The molecule has 92 valence electrons. The first-order valence-corrected chi connectivity index (χ1v) is 6.18. The first kappa shape index (κ1) is 12.8. The van der Waals surface area contributed by atoms with Gasteiger partial charge in [-0.2, -0.15) is 0 Å². The highest BCUT2D eigenvalue weighted by Gasteiger charge is 2.11. The fourth-order valence-electron chi connectivity index (χ4n) is 1.65. The quantitative estimate of drug-likeness (QED) is 0.887. The number of aryl methyl sites for hydroxylation is 1. The molecule has 0 spiro atoms. The second-order valence-corrected chi connectivity index (χ2v) is 4.87. The van der Waals surface area contributed by atoms with Crippen LogP contribution in [0.15, 0.2) is 46.9 Å². The summed E-state index contributed by atoms with van der Waals surface area (Å²) in [5.74, 6) is -0.979. The Bertz CT molecular complexity index is 578. The molecule has 0 bridgehead atoms. The van der Waals surface area contributed by atoms with Gasteiger partial charge in [0.05, 0.1) is 5.56 Å². The van der Waals surface area contributed by atoms with Crippen LogP contribution in [-0.2, 0) is 0 Å². The highest BCUT2D eigenvalue weighted by Crippen LogP contribution is 2.20. The molecule has 0 aliphatic heterocycles. The molecule has 1 N–H and O–H groups in total. The maximum atomic E-state index is 13.4. The van der Waals surface area contributed by atoms with Gasteiger partial charge in [0.2, 0.25) is 0 Å². The molecule has 2 aromatic rings. The summed E-state index contributed by atoms with van der Waals surface area (Å²) in [4.78, 5) is 11.9. The molecule has 0 unspecified atom stereocenters. The van der Waals surface area contributed by atoms with Crippen molar-refractivity contribution in [3.63, 3.8) is 0 Å². The zero-order chi connectivity index (χ0) is 13.1. The van der Waals surface area contributed by atoms with Crippen LogP contribution in [-0.4, -0.2) is 5.91 Å². The number of rotatable bonds is 2. The minimum atomic E-state index is -0.526. The third-order valence-corrected chi connectivity index (χ3v) is 2.88. The van der Waals surface area contributed by atoms with Gasteiger partial charge in [-0.15, -0.1) is 0 Å². The lowest BCUT2D eigenvalue weighted by molar-refractivity contribution is 0.102. The lowest BCUT2D eigenvalue weighted by atomic mass is 10.2. The smallest absolute Gasteiger partial charge is 0.258 e. The Hall–Kier alpha value is -1.68. The summed E-state index contributed by atoms with van der Waals surface area (Å²) in [6.07, 6.45) is 0. The van der Waals surface area contributed by atoms with E-state index in [2.05, 4.69) is 21.2 Å². The van der Waals surface area contributed by atoms with Crippen molar-refractivity contribution < 1.29 is 9.18 Å². The maximum absolute atomic E-state index is 13.4. The predicted octanol–water partition coefficient (Wildman–Crippen LogP) is 4.15. The van der Waals surface area contributed by atoms with Crippen LogP contribution < -0.4 is 5.32 Å².